The van der Waals surface area contributed by atoms with Crippen LogP contribution in [-0.2, 0) is 0 Å². The summed E-state index contributed by atoms with van der Waals surface area (Å²) in [6, 6.07) is 0. The van der Waals surface area contributed by atoms with Crippen molar-refractivity contribution in [2.75, 3.05) is 13.7 Å². The van der Waals surface area contributed by atoms with Gasteiger partial charge in [-0.2, -0.15) is 0 Å². The molecule has 0 aliphatic heterocycles. The van der Waals surface area contributed by atoms with Gasteiger partial charge in [0.05, 0.1) is 0 Å². The molecule has 0 unspecified atom stereocenters. The van der Waals surface area contributed by atoms with Crippen LogP contribution in [0.2, 0.25) is 0 Å². The van der Waals surface area contributed by atoms with E-state index in [-0.39, 0.29) is 12.4 Å². The SMILES string of the molecule is CNC(O)(O)CO.Cl. The molecule has 5 heteroatoms. The average molecular weight is 144 g/mol. The molecule has 0 aromatic heterocycles. The average Bonchev–Trinajstić information content (AvgIpc) is 1.68. The molecule has 0 saturated carbocycles. The van der Waals surface area contributed by atoms with E-state index in [9.17, 15) is 0 Å². The van der Waals surface area contributed by atoms with Gasteiger partial charge in [0.1, 0.15) is 6.61 Å². The molecule has 4 N–H and O–H groups in total. The first-order valence-corrected chi connectivity index (χ1v) is 1.87. The number of rotatable bonds is 2. The van der Waals surface area contributed by atoms with Crippen LogP contribution >= 0.6 is 12.4 Å². The third-order valence-corrected chi connectivity index (χ3v) is 0.621. The summed E-state index contributed by atoms with van der Waals surface area (Å²) in [7, 11) is 1.33. The second kappa shape index (κ2) is 4.05. The summed E-state index contributed by atoms with van der Waals surface area (Å²) in [5.74, 6) is -2.11. The molecule has 0 atom stereocenters. The maximum absolute atomic E-state index is 8.33. The molecule has 0 aliphatic rings. The van der Waals surface area contributed by atoms with Gasteiger partial charge in [-0.15, -0.1) is 12.4 Å². The molecule has 8 heavy (non-hydrogen) atoms. The lowest BCUT2D eigenvalue weighted by molar-refractivity contribution is -0.204. The summed E-state index contributed by atoms with van der Waals surface area (Å²) in [4.78, 5) is 0. The van der Waals surface area contributed by atoms with Crippen LogP contribution in [0.15, 0.2) is 0 Å². The lowest BCUT2D eigenvalue weighted by Gasteiger charge is -2.15. The van der Waals surface area contributed by atoms with E-state index in [2.05, 4.69) is 5.32 Å². The molecule has 0 aromatic carbocycles. The van der Waals surface area contributed by atoms with Crippen molar-refractivity contribution >= 4 is 12.4 Å². The van der Waals surface area contributed by atoms with Crippen molar-refractivity contribution < 1.29 is 15.3 Å². The Labute approximate surface area is 53.6 Å². The molecule has 0 amide bonds. The van der Waals surface area contributed by atoms with Crippen LogP contribution in [0.4, 0.5) is 0 Å². The molecule has 0 radical (unpaired) electrons. The zero-order chi connectivity index (χ0) is 5.91. The Morgan fingerprint density at radius 3 is 1.88 bits per heavy atom. The van der Waals surface area contributed by atoms with E-state index in [0.717, 1.165) is 0 Å². The summed E-state index contributed by atoms with van der Waals surface area (Å²) in [6.07, 6.45) is 0. The smallest absolute Gasteiger partial charge is 0.246 e. The first-order chi connectivity index (χ1) is 3.12. The van der Waals surface area contributed by atoms with E-state index in [4.69, 9.17) is 15.3 Å². The molecule has 0 aromatic rings. The number of hydrogen-bond donors (Lipinski definition) is 4. The van der Waals surface area contributed by atoms with Gasteiger partial charge >= 0.3 is 0 Å². The number of aliphatic hydroxyl groups excluding tert-OH is 1. The van der Waals surface area contributed by atoms with E-state index in [1.807, 2.05) is 0 Å². The summed E-state index contributed by atoms with van der Waals surface area (Å²) in [5, 5.41) is 26.7. The fraction of sp³-hybridized carbons (Fsp3) is 1.00. The lowest BCUT2D eigenvalue weighted by atomic mass is 10.5. The second-order valence-corrected chi connectivity index (χ2v) is 1.22. The van der Waals surface area contributed by atoms with Crippen LogP contribution in [0.1, 0.15) is 0 Å². The molecule has 0 spiro atoms. The number of hydrogen-bond acceptors (Lipinski definition) is 4. The fourth-order valence-corrected chi connectivity index (χ4v) is 0.0791. The number of nitrogens with one attached hydrogen (secondary N) is 1. The van der Waals surface area contributed by atoms with Gasteiger partial charge in [-0.05, 0) is 7.05 Å². The minimum atomic E-state index is -2.11. The third kappa shape index (κ3) is 4.29. The predicted molar refractivity (Wildman–Crippen MR) is 30.6 cm³/mol. The Bertz CT molecular complexity index is 52.5. The monoisotopic (exact) mass is 143 g/mol. The summed E-state index contributed by atoms with van der Waals surface area (Å²) in [5.41, 5.74) is 0. The minimum absolute atomic E-state index is 0. The summed E-state index contributed by atoms with van der Waals surface area (Å²) in [6.45, 7) is -0.705. The standard InChI is InChI=1S/C3H9NO3.ClH/c1-4-3(6,7)2-5;/h4-7H,2H2,1H3;1H. The van der Waals surface area contributed by atoms with Gasteiger partial charge in [-0.25, -0.2) is 0 Å². The van der Waals surface area contributed by atoms with Gasteiger partial charge in [-0.1, -0.05) is 0 Å². The highest BCUT2D eigenvalue weighted by Gasteiger charge is 2.16. The maximum atomic E-state index is 8.33. The van der Waals surface area contributed by atoms with Crippen LogP contribution < -0.4 is 5.32 Å². The fourth-order valence-electron chi connectivity index (χ4n) is 0.0791. The molecule has 0 aliphatic carbocycles. The molecule has 0 heterocycles. The highest BCUT2D eigenvalue weighted by atomic mass is 35.5. The lowest BCUT2D eigenvalue weighted by Crippen LogP contribution is -2.45. The Morgan fingerprint density at radius 2 is 1.88 bits per heavy atom. The van der Waals surface area contributed by atoms with Crippen molar-refractivity contribution in [1.82, 2.24) is 5.32 Å². The molecule has 0 saturated heterocycles. The highest BCUT2D eigenvalue weighted by molar-refractivity contribution is 5.85. The largest absolute Gasteiger partial charge is 0.389 e. The topological polar surface area (TPSA) is 72.7 Å². The van der Waals surface area contributed by atoms with Gasteiger partial charge in [0.25, 0.3) is 0 Å². The number of likely N-dealkylation sites (N-methyl/N-ethyl adjacent to an activating group) is 1. The van der Waals surface area contributed by atoms with Gasteiger partial charge < -0.3 is 15.3 Å². The normalized spacial score (nSPS) is 10.5. The van der Waals surface area contributed by atoms with E-state index in [1.54, 1.807) is 0 Å². The molecule has 0 fully saturated rings. The predicted octanol–water partition coefficient (Wildman–Crippen LogP) is -1.74. The van der Waals surface area contributed by atoms with Gasteiger partial charge in [-0.3, -0.25) is 5.32 Å². The van der Waals surface area contributed by atoms with Crippen LogP contribution in [0.3, 0.4) is 0 Å². The van der Waals surface area contributed by atoms with E-state index in [0.29, 0.717) is 0 Å². The van der Waals surface area contributed by atoms with Crippen LogP contribution in [-0.4, -0.2) is 34.9 Å². The first-order valence-electron chi connectivity index (χ1n) is 1.87. The Kier molecular flexibility index (Phi) is 5.57. The van der Waals surface area contributed by atoms with Gasteiger partial charge in [0.2, 0.25) is 5.91 Å². The van der Waals surface area contributed by atoms with Gasteiger partial charge in [0.15, 0.2) is 0 Å². The third-order valence-electron chi connectivity index (χ3n) is 0.621. The summed E-state index contributed by atoms with van der Waals surface area (Å²) < 4.78 is 0. The maximum Gasteiger partial charge on any atom is 0.246 e. The summed E-state index contributed by atoms with van der Waals surface area (Å²) >= 11 is 0. The number of aliphatic hydroxyl groups is 3. The molecular formula is C3H10ClNO3. The van der Waals surface area contributed by atoms with E-state index in [1.165, 1.54) is 7.05 Å². The first kappa shape index (κ1) is 11.0. The number of halogens is 1. The second-order valence-electron chi connectivity index (χ2n) is 1.22. The highest BCUT2D eigenvalue weighted by Crippen LogP contribution is 1.85. The molecule has 0 rings (SSSR count). The quantitative estimate of drug-likeness (QED) is 0.347. The van der Waals surface area contributed by atoms with Crippen LogP contribution in [0, 0.1) is 0 Å². The zero-order valence-corrected chi connectivity index (χ0v) is 5.27. The Balaban J connectivity index is 0. The van der Waals surface area contributed by atoms with Crippen LogP contribution in [0.5, 0.6) is 0 Å². The molecule has 0 bridgehead atoms. The molecular weight excluding hydrogens is 133 g/mol. The van der Waals surface area contributed by atoms with Crippen molar-refractivity contribution in [2.24, 2.45) is 0 Å². The molecule has 52 valence electrons. The molecule has 4 nitrogen and oxygen atoms in total. The zero-order valence-electron chi connectivity index (χ0n) is 4.46. The Hall–Kier alpha value is 0.130. The Morgan fingerprint density at radius 1 is 1.50 bits per heavy atom. The van der Waals surface area contributed by atoms with E-state index < -0.39 is 12.5 Å². The minimum Gasteiger partial charge on any atom is -0.389 e. The van der Waals surface area contributed by atoms with Crippen molar-refractivity contribution in [2.45, 2.75) is 5.91 Å². The van der Waals surface area contributed by atoms with Crippen LogP contribution in [0.25, 0.3) is 0 Å². The van der Waals surface area contributed by atoms with E-state index >= 15 is 0 Å². The van der Waals surface area contributed by atoms with Crippen molar-refractivity contribution in [3.63, 3.8) is 0 Å². The van der Waals surface area contributed by atoms with Crippen molar-refractivity contribution in [1.29, 1.82) is 0 Å². The van der Waals surface area contributed by atoms with Crippen molar-refractivity contribution in [3.8, 4) is 0 Å². The van der Waals surface area contributed by atoms with Crippen molar-refractivity contribution in [3.05, 3.63) is 0 Å². The van der Waals surface area contributed by atoms with Gasteiger partial charge in [0, 0.05) is 0 Å².